The lowest BCUT2D eigenvalue weighted by molar-refractivity contribution is -0.137. The zero-order valence-corrected chi connectivity index (χ0v) is 17.3. The molecule has 1 aromatic heterocycles. The van der Waals surface area contributed by atoms with Crippen LogP contribution in [0, 0.1) is 0 Å². The summed E-state index contributed by atoms with van der Waals surface area (Å²) in [5, 5.41) is 13.2. The number of fused-ring (bicyclic) bond motifs is 1. The van der Waals surface area contributed by atoms with E-state index < -0.39 is 23.6 Å². The van der Waals surface area contributed by atoms with Crippen molar-refractivity contribution in [2.45, 2.75) is 19.6 Å². The van der Waals surface area contributed by atoms with Gasteiger partial charge in [-0.15, -0.1) is 5.10 Å². The predicted molar refractivity (Wildman–Crippen MR) is 117 cm³/mol. The van der Waals surface area contributed by atoms with Crippen LogP contribution in [0.2, 0.25) is 0 Å². The minimum absolute atomic E-state index is 0.0118. The summed E-state index contributed by atoms with van der Waals surface area (Å²) in [6, 6.07) is 15.5. The summed E-state index contributed by atoms with van der Waals surface area (Å²) in [4.78, 5) is 25.2. The Morgan fingerprint density at radius 2 is 1.52 bits per heavy atom. The SMILES string of the molecule is CCn1nnc2cc(C(=O)Nc3cccc(C(=O)Nc4cccc(C(F)(F)F)c4)c3)ccc21. The third-order valence-corrected chi connectivity index (χ3v) is 4.91. The van der Waals surface area contributed by atoms with Gasteiger partial charge in [0.05, 0.1) is 11.1 Å². The van der Waals surface area contributed by atoms with Crippen molar-refractivity contribution in [3.63, 3.8) is 0 Å². The van der Waals surface area contributed by atoms with Crippen molar-refractivity contribution in [2.24, 2.45) is 0 Å². The number of aryl methyl sites for hydroxylation is 1. The van der Waals surface area contributed by atoms with Crippen LogP contribution in [0.25, 0.3) is 11.0 Å². The number of anilines is 2. The van der Waals surface area contributed by atoms with Crippen LogP contribution in [-0.2, 0) is 12.7 Å². The molecule has 4 aromatic rings. The van der Waals surface area contributed by atoms with Crippen molar-refractivity contribution in [1.29, 1.82) is 0 Å². The Kier molecular flexibility index (Phi) is 5.82. The van der Waals surface area contributed by atoms with Gasteiger partial charge in [-0.2, -0.15) is 13.2 Å². The zero-order valence-electron chi connectivity index (χ0n) is 17.3. The number of amides is 2. The van der Waals surface area contributed by atoms with Crippen molar-refractivity contribution in [3.05, 3.63) is 83.4 Å². The summed E-state index contributed by atoms with van der Waals surface area (Å²) in [6.45, 7) is 2.59. The van der Waals surface area contributed by atoms with Crippen LogP contribution < -0.4 is 10.6 Å². The van der Waals surface area contributed by atoms with Gasteiger partial charge in [0.15, 0.2) is 0 Å². The van der Waals surface area contributed by atoms with Crippen molar-refractivity contribution in [2.75, 3.05) is 10.6 Å². The summed E-state index contributed by atoms with van der Waals surface area (Å²) >= 11 is 0. The zero-order chi connectivity index (χ0) is 23.6. The van der Waals surface area contributed by atoms with Gasteiger partial charge in [-0.05, 0) is 61.5 Å². The summed E-state index contributed by atoms with van der Waals surface area (Å²) in [5.41, 5.74) is 1.43. The molecular weight excluding hydrogens is 435 g/mol. The third kappa shape index (κ3) is 4.84. The largest absolute Gasteiger partial charge is 0.416 e. The number of carbonyl (C=O) groups is 2. The first-order valence-corrected chi connectivity index (χ1v) is 9.98. The third-order valence-electron chi connectivity index (χ3n) is 4.91. The number of aromatic nitrogens is 3. The summed E-state index contributed by atoms with van der Waals surface area (Å²) in [7, 11) is 0. The van der Waals surface area contributed by atoms with E-state index in [1.165, 1.54) is 24.3 Å². The van der Waals surface area contributed by atoms with Crippen LogP contribution in [0.5, 0.6) is 0 Å². The van der Waals surface area contributed by atoms with Crippen LogP contribution in [0.4, 0.5) is 24.5 Å². The molecule has 0 atom stereocenters. The van der Waals surface area contributed by atoms with E-state index in [-0.39, 0.29) is 11.3 Å². The number of rotatable bonds is 5. The highest BCUT2D eigenvalue weighted by molar-refractivity contribution is 6.08. The van der Waals surface area contributed by atoms with Crippen molar-refractivity contribution >= 4 is 34.2 Å². The monoisotopic (exact) mass is 453 g/mol. The highest BCUT2D eigenvalue weighted by Crippen LogP contribution is 2.30. The Bertz CT molecular complexity index is 1350. The molecule has 0 saturated heterocycles. The molecule has 33 heavy (non-hydrogen) atoms. The Hall–Kier alpha value is -4.21. The molecule has 1 heterocycles. The minimum Gasteiger partial charge on any atom is -0.322 e. The smallest absolute Gasteiger partial charge is 0.322 e. The van der Waals surface area contributed by atoms with Gasteiger partial charge in [0, 0.05) is 29.0 Å². The molecule has 0 radical (unpaired) electrons. The van der Waals surface area contributed by atoms with Crippen molar-refractivity contribution in [3.8, 4) is 0 Å². The normalized spacial score (nSPS) is 11.4. The Labute approximate surface area is 186 Å². The van der Waals surface area contributed by atoms with Gasteiger partial charge >= 0.3 is 6.18 Å². The number of halogens is 3. The maximum absolute atomic E-state index is 12.9. The van der Waals surface area contributed by atoms with E-state index in [1.807, 2.05) is 6.92 Å². The second-order valence-corrected chi connectivity index (χ2v) is 7.18. The van der Waals surface area contributed by atoms with Gasteiger partial charge in [-0.1, -0.05) is 17.3 Å². The Balaban J connectivity index is 1.48. The van der Waals surface area contributed by atoms with E-state index in [2.05, 4.69) is 20.9 Å². The van der Waals surface area contributed by atoms with E-state index in [4.69, 9.17) is 0 Å². The standard InChI is InChI=1S/C23H18F3N5O2/c1-2-31-20-10-9-15(12-19(20)29-30-31)22(33)27-17-7-3-5-14(11-17)21(32)28-18-8-4-6-16(13-18)23(24,25)26/h3-13H,2H2,1H3,(H,27,33)(H,28,32). The second-order valence-electron chi connectivity index (χ2n) is 7.18. The lowest BCUT2D eigenvalue weighted by Gasteiger charge is -2.11. The average molecular weight is 453 g/mol. The fourth-order valence-electron chi connectivity index (χ4n) is 3.26. The maximum Gasteiger partial charge on any atom is 0.416 e. The molecule has 0 spiro atoms. The number of benzene rings is 3. The highest BCUT2D eigenvalue weighted by Gasteiger charge is 2.30. The van der Waals surface area contributed by atoms with Crippen molar-refractivity contribution in [1.82, 2.24) is 15.0 Å². The quantitative estimate of drug-likeness (QED) is 0.446. The van der Waals surface area contributed by atoms with Crippen molar-refractivity contribution < 1.29 is 22.8 Å². The van der Waals surface area contributed by atoms with Crippen LogP contribution in [0.1, 0.15) is 33.2 Å². The van der Waals surface area contributed by atoms with E-state index in [0.29, 0.717) is 23.3 Å². The van der Waals surface area contributed by atoms with Crippen LogP contribution in [0.3, 0.4) is 0 Å². The average Bonchev–Trinajstić information content (AvgIpc) is 3.21. The molecular formula is C23H18F3N5O2. The number of alkyl halides is 3. The van der Waals surface area contributed by atoms with Crippen LogP contribution >= 0.6 is 0 Å². The summed E-state index contributed by atoms with van der Waals surface area (Å²) in [6.07, 6.45) is -4.52. The molecule has 0 unspecified atom stereocenters. The van der Waals surface area contributed by atoms with E-state index >= 15 is 0 Å². The number of nitrogens with zero attached hydrogens (tertiary/aromatic N) is 3. The van der Waals surface area contributed by atoms with E-state index in [9.17, 15) is 22.8 Å². The van der Waals surface area contributed by atoms with E-state index in [0.717, 1.165) is 17.6 Å². The Morgan fingerprint density at radius 3 is 2.18 bits per heavy atom. The van der Waals surface area contributed by atoms with Gasteiger partial charge < -0.3 is 10.6 Å². The number of carbonyl (C=O) groups excluding carboxylic acids is 2. The first kappa shape index (κ1) is 22.0. The van der Waals surface area contributed by atoms with Crippen LogP contribution in [-0.4, -0.2) is 26.8 Å². The fourth-order valence-corrected chi connectivity index (χ4v) is 3.26. The molecule has 0 saturated carbocycles. The van der Waals surface area contributed by atoms with Gasteiger partial charge in [-0.3, -0.25) is 9.59 Å². The van der Waals surface area contributed by atoms with Gasteiger partial charge in [0.2, 0.25) is 0 Å². The number of nitrogens with one attached hydrogen (secondary N) is 2. The summed E-state index contributed by atoms with van der Waals surface area (Å²) < 4.78 is 40.4. The topological polar surface area (TPSA) is 88.9 Å². The first-order chi connectivity index (χ1) is 15.7. The molecule has 0 aliphatic heterocycles. The van der Waals surface area contributed by atoms with E-state index in [1.54, 1.807) is 35.0 Å². The summed E-state index contributed by atoms with van der Waals surface area (Å²) in [5.74, 6) is -1.01. The molecule has 0 bridgehead atoms. The Morgan fingerprint density at radius 1 is 0.879 bits per heavy atom. The molecule has 0 aliphatic rings. The fraction of sp³-hybridized carbons (Fsp3) is 0.130. The molecule has 4 rings (SSSR count). The predicted octanol–water partition coefficient (Wildman–Crippen LogP) is 4.97. The maximum atomic E-state index is 12.9. The molecule has 0 aliphatic carbocycles. The van der Waals surface area contributed by atoms with Gasteiger partial charge in [0.25, 0.3) is 11.8 Å². The van der Waals surface area contributed by atoms with Gasteiger partial charge in [0.1, 0.15) is 5.52 Å². The lowest BCUT2D eigenvalue weighted by atomic mass is 10.1. The van der Waals surface area contributed by atoms with Crippen LogP contribution in [0.15, 0.2) is 66.7 Å². The molecule has 0 fully saturated rings. The molecule has 7 nitrogen and oxygen atoms in total. The first-order valence-electron chi connectivity index (χ1n) is 9.98. The molecule has 168 valence electrons. The molecule has 2 N–H and O–H groups in total. The highest BCUT2D eigenvalue weighted by atomic mass is 19.4. The molecule has 10 heteroatoms. The van der Waals surface area contributed by atoms with Gasteiger partial charge in [-0.25, -0.2) is 4.68 Å². The number of hydrogen-bond acceptors (Lipinski definition) is 4. The molecule has 2 amide bonds. The lowest BCUT2D eigenvalue weighted by Crippen LogP contribution is -2.15. The second kappa shape index (κ2) is 8.73. The molecule has 3 aromatic carbocycles. The number of hydrogen-bond donors (Lipinski definition) is 2. The minimum atomic E-state index is -4.52.